The highest BCUT2D eigenvalue weighted by Crippen LogP contribution is 2.50. The fraction of sp³-hybridized carbons (Fsp3) is 0.256. The maximum absolute atomic E-state index is 6.65. The first-order valence-corrected chi connectivity index (χ1v) is 30.1. The lowest BCUT2D eigenvalue weighted by Crippen LogP contribution is -2.61. The second-order valence-electron chi connectivity index (χ2n) is 27.9. The van der Waals surface area contributed by atoms with Gasteiger partial charge in [0.1, 0.15) is 11.2 Å². The van der Waals surface area contributed by atoms with Gasteiger partial charge in [-0.1, -0.05) is 204 Å². The average molecular weight is 1080 g/mol. The van der Waals surface area contributed by atoms with Crippen LogP contribution < -0.4 is 31.1 Å². The second-order valence-corrected chi connectivity index (χ2v) is 27.9. The molecule has 13 rings (SSSR count). The van der Waals surface area contributed by atoms with Gasteiger partial charge >= 0.3 is 0 Å². The van der Waals surface area contributed by atoms with Crippen molar-refractivity contribution < 1.29 is 4.42 Å². The van der Waals surface area contributed by atoms with Crippen LogP contribution in [0.4, 0.5) is 51.2 Å². The number of furan rings is 1. The van der Waals surface area contributed by atoms with Gasteiger partial charge in [-0.15, -0.1) is 0 Å². The zero-order chi connectivity index (χ0) is 58.1. The molecule has 0 saturated carbocycles. The molecule has 1 aromatic heterocycles. The molecule has 0 radical (unpaired) electrons. The summed E-state index contributed by atoms with van der Waals surface area (Å²) in [7, 11) is 0. The molecule has 5 heteroatoms. The first-order chi connectivity index (χ1) is 39.5. The van der Waals surface area contributed by atoms with Crippen molar-refractivity contribution in [2.24, 2.45) is 0 Å². The second kappa shape index (κ2) is 19.7. The van der Waals surface area contributed by atoms with Crippen LogP contribution in [0.1, 0.15) is 135 Å². The maximum atomic E-state index is 6.65. The van der Waals surface area contributed by atoms with Crippen molar-refractivity contribution in [2.45, 2.75) is 131 Å². The predicted molar refractivity (Wildman–Crippen MR) is 358 cm³/mol. The number of hydrogen-bond acceptors (Lipinski definition) is 4. The molecule has 0 fully saturated rings. The summed E-state index contributed by atoms with van der Waals surface area (Å²) in [6.45, 7) is 32.6. The monoisotopic (exact) mass is 1080 g/mol. The third-order valence-electron chi connectivity index (χ3n) is 17.9. The van der Waals surface area contributed by atoms with Crippen LogP contribution in [0, 0.1) is 13.8 Å². The Morgan fingerprint density at radius 3 is 1.60 bits per heavy atom. The average Bonchev–Trinajstić information content (AvgIpc) is 1.44. The van der Waals surface area contributed by atoms with Crippen molar-refractivity contribution in [1.82, 2.24) is 0 Å². The third kappa shape index (κ3) is 9.41. The van der Waals surface area contributed by atoms with Crippen LogP contribution in [0.25, 0.3) is 38.6 Å². The maximum Gasteiger partial charge on any atom is 0.252 e. The van der Waals surface area contributed by atoms with E-state index in [2.05, 4.69) is 306 Å². The van der Waals surface area contributed by atoms with E-state index in [1.807, 2.05) is 0 Å². The standard InChI is InChI=1S/C78H78BN3O/c1-49-43-56(77(9,10)11)44-50(2)73(49)82-67-45-55(76(6,7)8)33-41-65(67)79-66-42-40-61(80(59-38-31-54(32-39-59)75(3,4)5)58-34-27-52(28-35-58)51-21-16-15-17-22-51)48-68(66)81(69-46-57(78(12,13)14)47-70(82)72(69)79)60-36-29-53(30-37-60)62-24-20-25-64-63-23-18-19-26-71(63)83-74(62)64/h16,18-48H,15,17H2,1-14H3. The van der Waals surface area contributed by atoms with Crippen LogP contribution in [-0.4, -0.2) is 6.71 Å². The summed E-state index contributed by atoms with van der Waals surface area (Å²) in [6, 6.07) is 67.3. The van der Waals surface area contributed by atoms with E-state index in [1.54, 1.807) is 0 Å². The SMILES string of the molecule is Cc1cc(C(C)(C)C)cc(C)c1N1c2cc(C(C)(C)C)ccc2B2c3ccc(N(c4ccc(C5=CCCC=C5)cc4)c4ccc(C(C)(C)C)cc4)cc3N(c3ccc(-c4cccc5c4oc4ccccc45)cc3)c3cc(C(C)(C)C)cc1c32. The van der Waals surface area contributed by atoms with E-state index < -0.39 is 0 Å². The van der Waals surface area contributed by atoms with Crippen LogP contribution in [0.2, 0.25) is 0 Å². The number of anilines is 9. The van der Waals surface area contributed by atoms with Crippen molar-refractivity contribution in [3.8, 4) is 11.1 Å². The van der Waals surface area contributed by atoms with Crippen LogP contribution in [0.3, 0.4) is 0 Å². The Morgan fingerprint density at radius 1 is 0.446 bits per heavy atom. The number of fused-ring (bicyclic) bond motifs is 7. The lowest BCUT2D eigenvalue weighted by molar-refractivity contribution is 0.588. The Kier molecular flexibility index (Phi) is 12.8. The van der Waals surface area contributed by atoms with E-state index >= 15 is 0 Å². The van der Waals surface area contributed by atoms with Crippen molar-refractivity contribution in [2.75, 3.05) is 14.7 Å². The van der Waals surface area contributed by atoms with Gasteiger partial charge in [-0.25, -0.2) is 0 Å². The topological polar surface area (TPSA) is 22.9 Å². The molecule has 9 aromatic carbocycles. The van der Waals surface area contributed by atoms with Crippen molar-refractivity contribution in [3.63, 3.8) is 0 Å². The van der Waals surface area contributed by atoms with Gasteiger partial charge in [-0.05, 0) is 188 Å². The molecule has 3 heterocycles. The Hall–Kier alpha value is -8.28. The first kappa shape index (κ1) is 54.0. The predicted octanol–water partition coefficient (Wildman–Crippen LogP) is 20.3. The molecular formula is C78H78BN3O. The molecule has 414 valence electrons. The van der Waals surface area contributed by atoms with Gasteiger partial charge < -0.3 is 19.1 Å². The van der Waals surface area contributed by atoms with E-state index in [0.29, 0.717) is 0 Å². The molecule has 3 aliphatic rings. The smallest absolute Gasteiger partial charge is 0.252 e. The molecule has 10 aromatic rings. The highest BCUT2D eigenvalue weighted by molar-refractivity contribution is 7.00. The number of hydrogen-bond donors (Lipinski definition) is 0. The first-order valence-electron chi connectivity index (χ1n) is 30.1. The van der Waals surface area contributed by atoms with E-state index in [9.17, 15) is 0 Å². The van der Waals surface area contributed by atoms with Crippen LogP contribution >= 0.6 is 0 Å². The van der Waals surface area contributed by atoms with Gasteiger partial charge in [0, 0.05) is 61.8 Å². The van der Waals surface area contributed by atoms with Gasteiger partial charge in [-0.3, -0.25) is 0 Å². The number of para-hydroxylation sites is 2. The van der Waals surface area contributed by atoms with Gasteiger partial charge in [0.25, 0.3) is 6.71 Å². The summed E-state index contributed by atoms with van der Waals surface area (Å²) in [5.74, 6) is 0. The molecule has 0 saturated heterocycles. The molecule has 2 aliphatic heterocycles. The fourth-order valence-corrected chi connectivity index (χ4v) is 13.2. The molecule has 0 amide bonds. The van der Waals surface area contributed by atoms with Crippen molar-refractivity contribution in [3.05, 3.63) is 233 Å². The number of allylic oxidation sites excluding steroid dienone is 4. The Balaban J connectivity index is 1.08. The van der Waals surface area contributed by atoms with E-state index in [-0.39, 0.29) is 28.4 Å². The minimum absolute atomic E-state index is 0.000117. The van der Waals surface area contributed by atoms with E-state index in [0.717, 1.165) is 74.3 Å². The molecule has 4 nitrogen and oxygen atoms in total. The normalized spacial score (nSPS) is 14.2. The molecule has 1 aliphatic carbocycles. The van der Waals surface area contributed by atoms with Crippen molar-refractivity contribution >= 4 is 102 Å². The summed E-state index contributed by atoms with van der Waals surface area (Å²) in [5, 5.41) is 2.26. The number of aryl methyl sites for hydroxylation is 2. The van der Waals surface area contributed by atoms with Gasteiger partial charge in [0.05, 0.1) is 5.69 Å². The molecular weight excluding hydrogens is 1010 g/mol. The summed E-state index contributed by atoms with van der Waals surface area (Å²) < 4.78 is 6.65. The Morgan fingerprint density at radius 2 is 0.976 bits per heavy atom. The third-order valence-corrected chi connectivity index (χ3v) is 17.9. The molecule has 83 heavy (non-hydrogen) atoms. The largest absolute Gasteiger partial charge is 0.455 e. The van der Waals surface area contributed by atoms with Gasteiger partial charge in [0.2, 0.25) is 0 Å². The zero-order valence-electron chi connectivity index (χ0n) is 51.2. The summed E-state index contributed by atoms with van der Waals surface area (Å²) >= 11 is 0. The molecule has 0 unspecified atom stereocenters. The van der Waals surface area contributed by atoms with Crippen LogP contribution in [0.15, 0.2) is 199 Å². The zero-order valence-corrected chi connectivity index (χ0v) is 51.2. The summed E-state index contributed by atoms with van der Waals surface area (Å²) in [4.78, 5) is 7.71. The number of benzene rings is 9. The lowest BCUT2D eigenvalue weighted by Gasteiger charge is -2.46. The van der Waals surface area contributed by atoms with Crippen molar-refractivity contribution in [1.29, 1.82) is 0 Å². The van der Waals surface area contributed by atoms with Crippen LogP contribution in [0.5, 0.6) is 0 Å². The fourth-order valence-electron chi connectivity index (χ4n) is 13.2. The Labute approximate surface area is 493 Å². The van der Waals surface area contributed by atoms with Crippen LogP contribution in [-0.2, 0) is 21.7 Å². The highest BCUT2D eigenvalue weighted by Gasteiger charge is 2.45. The quantitative estimate of drug-likeness (QED) is 0.148. The molecule has 0 atom stereocenters. The number of rotatable bonds is 7. The van der Waals surface area contributed by atoms with E-state index in [1.165, 1.54) is 83.7 Å². The molecule has 0 bridgehead atoms. The van der Waals surface area contributed by atoms with Gasteiger partial charge in [-0.2, -0.15) is 0 Å². The summed E-state index contributed by atoms with van der Waals surface area (Å²) in [5.41, 5.74) is 28.5. The molecule has 0 spiro atoms. The minimum Gasteiger partial charge on any atom is -0.455 e. The minimum atomic E-state index is -0.186. The molecule has 0 N–H and O–H groups in total. The van der Waals surface area contributed by atoms with E-state index in [4.69, 9.17) is 4.42 Å². The summed E-state index contributed by atoms with van der Waals surface area (Å²) in [6.07, 6.45) is 9.10. The number of nitrogens with zero attached hydrogens (tertiary/aromatic N) is 3. The lowest BCUT2D eigenvalue weighted by atomic mass is 9.33. The Bertz CT molecular complexity index is 4240. The highest BCUT2D eigenvalue weighted by atomic mass is 16.3. The van der Waals surface area contributed by atoms with Gasteiger partial charge in [0.15, 0.2) is 0 Å².